The third kappa shape index (κ3) is 2.18. The van der Waals surface area contributed by atoms with Crippen molar-refractivity contribution in [3.8, 4) is 0 Å². The SMILES string of the molecule is C=CCn1c(C2CC2)nc(C2CCCSC2)c1N. The summed E-state index contributed by atoms with van der Waals surface area (Å²) in [6.07, 6.45) is 7.00. The maximum Gasteiger partial charge on any atom is 0.127 e. The van der Waals surface area contributed by atoms with Crippen LogP contribution in [0.25, 0.3) is 0 Å². The highest BCUT2D eigenvalue weighted by Crippen LogP contribution is 2.43. The number of thioether (sulfide) groups is 1. The van der Waals surface area contributed by atoms with Crippen LogP contribution in [-0.2, 0) is 6.54 Å². The van der Waals surface area contributed by atoms with Crippen molar-refractivity contribution in [3.63, 3.8) is 0 Å². The van der Waals surface area contributed by atoms with E-state index in [1.165, 1.54) is 43.0 Å². The summed E-state index contributed by atoms with van der Waals surface area (Å²) in [5, 5.41) is 0. The van der Waals surface area contributed by atoms with E-state index in [1.807, 2.05) is 17.8 Å². The largest absolute Gasteiger partial charge is 0.384 e. The lowest BCUT2D eigenvalue weighted by Crippen LogP contribution is -2.12. The van der Waals surface area contributed by atoms with Crippen molar-refractivity contribution in [2.24, 2.45) is 0 Å². The molecule has 2 fully saturated rings. The topological polar surface area (TPSA) is 43.8 Å². The van der Waals surface area contributed by atoms with E-state index in [0.717, 1.165) is 18.1 Å². The third-order valence-corrected chi connectivity index (χ3v) is 5.08. The fraction of sp³-hybridized carbons (Fsp3) is 0.643. The molecule has 1 aromatic rings. The average Bonchev–Trinajstić information content (AvgIpc) is 3.19. The highest BCUT2D eigenvalue weighted by molar-refractivity contribution is 7.99. The molecule has 1 unspecified atom stereocenters. The summed E-state index contributed by atoms with van der Waals surface area (Å²) in [6, 6.07) is 0. The van der Waals surface area contributed by atoms with E-state index < -0.39 is 0 Å². The van der Waals surface area contributed by atoms with Crippen molar-refractivity contribution in [1.29, 1.82) is 0 Å². The van der Waals surface area contributed by atoms with Gasteiger partial charge in [0.1, 0.15) is 11.6 Å². The van der Waals surface area contributed by atoms with Gasteiger partial charge >= 0.3 is 0 Å². The molecule has 1 saturated carbocycles. The smallest absolute Gasteiger partial charge is 0.127 e. The number of imidazole rings is 1. The first-order valence-electron chi connectivity index (χ1n) is 6.85. The van der Waals surface area contributed by atoms with Crippen molar-refractivity contribution in [2.75, 3.05) is 17.2 Å². The maximum absolute atomic E-state index is 6.33. The molecule has 0 bridgehead atoms. The van der Waals surface area contributed by atoms with Gasteiger partial charge in [0.2, 0.25) is 0 Å². The molecule has 1 aliphatic carbocycles. The molecule has 3 rings (SSSR count). The van der Waals surface area contributed by atoms with Gasteiger partial charge in [-0.2, -0.15) is 11.8 Å². The third-order valence-electron chi connectivity index (χ3n) is 3.87. The maximum atomic E-state index is 6.33. The van der Waals surface area contributed by atoms with Crippen molar-refractivity contribution in [3.05, 3.63) is 24.2 Å². The van der Waals surface area contributed by atoms with Gasteiger partial charge in [-0.25, -0.2) is 4.98 Å². The number of hydrogen-bond acceptors (Lipinski definition) is 3. The van der Waals surface area contributed by atoms with Crippen molar-refractivity contribution in [1.82, 2.24) is 9.55 Å². The molecule has 0 radical (unpaired) electrons. The minimum absolute atomic E-state index is 0.562. The lowest BCUT2D eigenvalue weighted by Gasteiger charge is -2.20. The molecule has 0 spiro atoms. The van der Waals surface area contributed by atoms with Gasteiger partial charge in [-0.1, -0.05) is 6.08 Å². The van der Waals surface area contributed by atoms with Crippen LogP contribution in [0.4, 0.5) is 5.82 Å². The number of nitrogens with zero attached hydrogens (tertiary/aromatic N) is 2. The zero-order chi connectivity index (χ0) is 12.5. The molecule has 0 aromatic carbocycles. The summed E-state index contributed by atoms with van der Waals surface area (Å²) < 4.78 is 2.18. The molecule has 4 heteroatoms. The molecule has 2 heterocycles. The van der Waals surface area contributed by atoms with Crippen LogP contribution in [-0.4, -0.2) is 21.1 Å². The summed E-state index contributed by atoms with van der Waals surface area (Å²) >= 11 is 2.03. The van der Waals surface area contributed by atoms with Crippen LogP contribution < -0.4 is 5.73 Å². The average molecular weight is 263 g/mol. The Morgan fingerprint density at radius 3 is 2.83 bits per heavy atom. The Hall–Kier alpha value is -0.900. The van der Waals surface area contributed by atoms with Crippen LogP contribution in [0.1, 0.15) is 49.0 Å². The second kappa shape index (κ2) is 5.00. The summed E-state index contributed by atoms with van der Waals surface area (Å²) in [5.74, 6) is 5.78. The van der Waals surface area contributed by atoms with Gasteiger partial charge in [0.25, 0.3) is 0 Å². The monoisotopic (exact) mass is 263 g/mol. The van der Waals surface area contributed by atoms with Crippen LogP contribution in [0.2, 0.25) is 0 Å². The van der Waals surface area contributed by atoms with Crippen LogP contribution >= 0.6 is 11.8 Å². The van der Waals surface area contributed by atoms with Gasteiger partial charge in [0, 0.05) is 24.1 Å². The second-order valence-electron chi connectivity index (χ2n) is 5.33. The van der Waals surface area contributed by atoms with E-state index in [1.54, 1.807) is 0 Å². The minimum atomic E-state index is 0.562. The van der Waals surface area contributed by atoms with Gasteiger partial charge in [0.05, 0.1) is 5.69 Å². The molecule has 1 aromatic heterocycles. The number of nitrogen functional groups attached to an aromatic ring is 1. The number of allylic oxidation sites excluding steroid dienone is 1. The predicted octanol–water partition coefficient (Wildman–Crippen LogP) is 3.14. The first-order valence-corrected chi connectivity index (χ1v) is 8.01. The summed E-state index contributed by atoms with van der Waals surface area (Å²) in [5.41, 5.74) is 7.49. The first kappa shape index (κ1) is 12.2. The lowest BCUT2D eigenvalue weighted by atomic mass is 10.0. The van der Waals surface area contributed by atoms with Gasteiger partial charge < -0.3 is 10.3 Å². The quantitative estimate of drug-likeness (QED) is 0.849. The van der Waals surface area contributed by atoms with E-state index in [2.05, 4.69) is 11.1 Å². The highest BCUT2D eigenvalue weighted by atomic mass is 32.2. The van der Waals surface area contributed by atoms with E-state index >= 15 is 0 Å². The van der Waals surface area contributed by atoms with Crippen LogP contribution in [0, 0.1) is 0 Å². The van der Waals surface area contributed by atoms with Gasteiger partial charge in [-0.15, -0.1) is 6.58 Å². The Bertz CT molecular complexity index is 442. The number of anilines is 1. The van der Waals surface area contributed by atoms with Crippen LogP contribution in [0.15, 0.2) is 12.7 Å². The lowest BCUT2D eigenvalue weighted by molar-refractivity contribution is 0.646. The Labute approximate surface area is 113 Å². The number of nitrogens with two attached hydrogens (primary N) is 1. The summed E-state index contributed by atoms with van der Waals surface area (Å²) in [6.45, 7) is 4.63. The number of rotatable bonds is 4. The zero-order valence-electron chi connectivity index (χ0n) is 10.8. The minimum Gasteiger partial charge on any atom is -0.384 e. The predicted molar refractivity (Wildman–Crippen MR) is 78.1 cm³/mol. The number of aromatic nitrogens is 2. The second-order valence-corrected chi connectivity index (χ2v) is 6.48. The molecule has 0 amide bonds. The Balaban J connectivity index is 1.93. The summed E-state index contributed by atoms with van der Waals surface area (Å²) in [4.78, 5) is 4.89. The van der Waals surface area contributed by atoms with E-state index in [4.69, 9.17) is 10.7 Å². The molecular weight excluding hydrogens is 242 g/mol. The van der Waals surface area contributed by atoms with Crippen molar-refractivity contribution in [2.45, 2.75) is 44.1 Å². The van der Waals surface area contributed by atoms with E-state index in [-0.39, 0.29) is 0 Å². The fourth-order valence-corrected chi connectivity index (χ4v) is 3.88. The molecule has 18 heavy (non-hydrogen) atoms. The normalized spacial score (nSPS) is 24.1. The highest BCUT2D eigenvalue weighted by Gasteiger charge is 2.32. The van der Waals surface area contributed by atoms with Crippen molar-refractivity contribution < 1.29 is 0 Å². The summed E-state index contributed by atoms with van der Waals surface area (Å²) in [7, 11) is 0. The fourth-order valence-electron chi connectivity index (χ4n) is 2.73. The molecule has 98 valence electrons. The Kier molecular flexibility index (Phi) is 3.37. The van der Waals surface area contributed by atoms with E-state index in [0.29, 0.717) is 11.8 Å². The molecule has 1 atom stereocenters. The molecule has 2 N–H and O–H groups in total. The van der Waals surface area contributed by atoms with Gasteiger partial charge in [-0.05, 0) is 31.4 Å². The van der Waals surface area contributed by atoms with Crippen LogP contribution in [0.5, 0.6) is 0 Å². The van der Waals surface area contributed by atoms with Crippen LogP contribution in [0.3, 0.4) is 0 Å². The molecule has 1 saturated heterocycles. The first-order chi connectivity index (χ1) is 8.81. The van der Waals surface area contributed by atoms with Gasteiger partial charge in [0.15, 0.2) is 0 Å². The zero-order valence-corrected chi connectivity index (χ0v) is 11.6. The Morgan fingerprint density at radius 1 is 1.39 bits per heavy atom. The molecule has 3 nitrogen and oxygen atoms in total. The molecule has 1 aliphatic heterocycles. The molecule has 2 aliphatic rings. The number of hydrogen-bond donors (Lipinski definition) is 1. The Morgan fingerprint density at radius 2 is 2.22 bits per heavy atom. The molecular formula is C14H21N3S. The van der Waals surface area contributed by atoms with Crippen molar-refractivity contribution >= 4 is 17.6 Å². The van der Waals surface area contributed by atoms with E-state index in [9.17, 15) is 0 Å². The standard InChI is InChI=1S/C14H21N3S/c1-2-7-17-13(15)12(11-4-3-8-18-9-11)16-14(17)10-5-6-10/h2,10-11H,1,3-9,15H2. The van der Waals surface area contributed by atoms with Gasteiger partial charge in [-0.3, -0.25) is 0 Å².